The monoisotopic (exact) mass is 290 g/mol. The highest BCUT2D eigenvalue weighted by molar-refractivity contribution is 5.33. The lowest BCUT2D eigenvalue weighted by atomic mass is 9.92. The van der Waals surface area contributed by atoms with E-state index in [2.05, 4.69) is 0 Å². The van der Waals surface area contributed by atoms with Gasteiger partial charge in [0.25, 0.3) is 0 Å². The lowest BCUT2D eigenvalue weighted by Crippen LogP contribution is -2.29. The standard InChI is InChI=1S/C17H19FO3/c1-2-17(20,12-19)14-8-15(18)10-16(9-14)21-11-13-6-4-3-5-7-13/h3-10,19-20H,2,11-12H2,1H3/t17-/m0/s1. The Morgan fingerprint density at radius 2 is 1.86 bits per heavy atom. The van der Waals surface area contributed by atoms with Gasteiger partial charge >= 0.3 is 0 Å². The van der Waals surface area contributed by atoms with Crippen LogP contribution >= 0.6 is 0 Å². The maximum absolute atomic E-state index is 13.7. The largest absolute Gasteiger partial charge is 0.489 e. The van der Waals surface area contributed by atoms with Gasteiger partial charge in [-0.3, -0.25) is 0 Å². The Balaban J connectivity index is 2.19. The van der Waals surface area contributed by atoms with Gasteiger partial charge in [0.15, 0.2) is 0 Å². The minimum absolute atomic E-state index is 0.283. The van der Waals surface area contributed by atoms with Crippen LogP contribution in [-0.2, 0) is 12.2 Å². The summed E-state index contributed by atoms with van der Waals surface area (Å²) >= 11 is 0. The highest BCUT2D eigenvalue weighted by atomic mass is 19.1. The van der Waals surface area contributed by atoms with Gasteiger partial charge in [-0.1, -0.05) is 37.3 Å². The van der Waals surface area contributed by atoms with Crippen LogP contribution in [0.1, 0.15) is 24.5 Å². The second-order valence-corrected chi connectivity index (χ2v) is 4.99. The zero-order chi connectivity index (χ0) is 15.3. The SMILES string of the molecule is CC[C@](O)(CO)c1cc(F)cc(OCc2ccccc2)c1. The molecule has 0 aromatic heterocycles. The highest BCUT2D eigenvalue weighted by Gasteiger charge is 2.27. The van der Waals surface area contributed by atoms with E-state index in [1.54, 1.807) is 13.0 Å². The lowest BCUT2D eigenvalue weighted by Gasteiger charge is -2.25. The van der Waals surface area contributed by atoms with Gasteiger partial charge in [-0.25, -0.2) is 4.39 Å². The van der Waals surface area contributed by atoms with Crippen molar-refractivity contribution in [2.45, 2.75) is 25.6 Å². The molecule has 2 rings (SSSR count). The summed E-state index contributed by atoms with van der Waals surface area (Å²) in [4.78, 5) is 0. The normalized spacial score (nSPS) is 13.7. The summed E-state index contributed by atoms with van der Waals surface area (Å²) in [7, 11) is 0. The van der Waals surface area contributed by atoms with Crippen molar-refractivity contribution < 1.29 is 19.3 Å². The van der Waals surface area contributed by atoms with E-state index in [4.69, 9.17) is 4.74 Å². The molecule has 0 radical (unpaired) electrons. The molecule has 112 valence electrons. The molecule has 0 saturated carbocycles. The second-order valence-electron chi connectivity index (χ2n) is 4.99. The van der Waals surface area contributed by atoms with Crippen molar-refractivity contribution in [3.8, 4) is 5.75 Å². The first-order valence-electron chi connectivity index (χ1n) is 6.88. The fraction of sp³-hybridized carbons (Fsp3) is 0.294. The molecule has 0 bridgehead atoms. The van der Waals surface area contributed by atoms with E-state index in [1.165, 1.54) is 12.1 Å². The van der Waals surface area contributed by atoms with Gasteiger partial charge in [-0.2, -0.15) is 0 Å². The third-order valence-electron chi connectivity index (χ3n) is 3.50. The number of benzene rings is 2. The predicted molar refractivity (Wildman–Crippen MR) is 78.4 cm³/mol. The molecule has 21 heavy (non-hydrogen) atoms. The number of aliphatic hydroxyl groups is 2. The molecule has 0 aliphatic rings. The van der Waals surface area contributed by atoms with Gasteiger partial charge < -0.3 is 14.9 Å². The molecule has 1 atom stereocenters. The Labute approximate surface area is 123 Å². The first-order chi connectivity index (χ1) is 10.1. The molecule has 4 heteroatoms. The van der Waals surface area contributed by atoms with Crippen molar-refractivity contribution >= 4 is 0 Å². The van der Waals surface area contributed by atoms with E-state index < -0.39 is 18.0 Å². The van der Waals surface area contributed by atoms with Crippen LogP contribution in [0.4, 0.5) is 4.39 Å². The number of hydrogen-bond acceptors (Lipinski definition) is 3. The van der Waals surface area contributed by atoms with Crippen molar-refractivity contribution in [3.05, 3.63) is 65.5 Å². The topological polar surface area (TPSA) is 49.7 Å². The fourth-order valence-corrected chi connectivity index (χ4v) is 2.06. The molecule has 0 saturated heterocycles. The van der Waals surface area contributed by atoms with Crippen LogP contribution in [0.3, 0.4) is 0 Å². The van der Waals surface area contributed by atoms with Gasteiger partial charge in [-0.15, -0.1) is 0 Å². The van der Waals surface area contributed by atoms with Crippen LogP contribution in [0.5, 0.6) is 5.75 Å². The third kappa shape index (κ3) is 3.80. The van der Waals surface area contributed by atoms with Gasteiger partial charge in [-0.05, 0) is 29.7 Å². The molecule has 0 unspecified atom stereocenters. The molecule has 0 spiro atoms. The molecule has 0 aliphatic heterocycles. The minimum atomic E-state index is -1.45. The van der Waals surface area contributed by atoms with Crippen LogP contribution in [0, 0.1) is 5.82 Å². The van der Waals surface area contributed by atoms with Crippen molar-refractivity contribution in [1.29, 1.82) is 0 Å². The van der Waals surface area contributed by atoms with E-state index in [1.807, 2.05) is 30.3 Å². The maximum Gasteiger partial charge on any atom is 0.127 e. The summed E-state index contributed by atoms with van der Waals surface area (Å²) < 4.78 is 19.2. The van der Waals surface area contributed by atoms with Gasteiger partial charge in [0.1, 0.15) is 23.8 Å². The zero-order valence-corrected chi connectivity index (χ0v) is 11.9. The third-order valence-corrected chi connectivity index (χ3v) is 3.50. The van der Waals surface area contributed by atoms with Gasteiger partial charge in [0.05, 0.1) is 6.61 Å². The molecule has 2 aromatic rings. The summed E-state index contributed by atoms with van der Waals surface area (Å²) in [5.74, 6) is -0.176. The number of ether oxygens (including phenoxy) is 1. The van der Waals surface area contributed by atoms with Gasteiger partial charge in [0, 0.05) is 6.07 Å². The summed E-state index contributed by atoms with van der Waals surface area (Å²) in [6, 6.07) is 13.6. The molecule has 2 aromatic carbocycles. The molecule has 0 heterocycles. The Bertz CT molecular complexity index is 580. The Morgan fingerprint density at radius 1 is 1.14 bits per heavy atom. The smallest absolute Gasteiger partial charge is 0.127 e. The Morgan fingerprint density at radius 3 is 2.48 bits per heavy atom. The molecule has 0 aliphatic carbocycles. The molecule has 3 nitrogen and oxygen atoms in total. The molecule has 0 fully saturated rings. The number of rotatable bonds is 6. The second kappa shape index (κ2) is 6.70. The van der Waals surface area contributed by atoms with Crippen molar-refractivity contribution in [1.82, 2.24) is 0 Å². The molecule has 2 N–H and O–H groups in total. The fourth-order valence-electron chi connectivity index (χ4n) is 2.06. The maximum atomic E-state index is 13.7. The summed E-state index contributed by atoms with van der Waals surface area (Å²) in [6.07, 6.45) is 0.283. The molecular formula is C17H19FO3. The van der Waals surface area contributed by atoms with Crippen LogP contribution in [0.15, 0.2) is 48.5 Å². The molecule has 0 amide bonds. The van der Waals surface area contributed by atoms with Crippen molar-refractivity contribution in [2.24, 2.45) is 0 Å². The predicted octanol–water partition coefficient (Wildman–Crippen LogP) is 2.99. The van der Waals surface area contributed by atoms with E-state index in [0.29, 0.717) is 17.9 Å². The number of aliphatic hydroxyl groups excluding tert-OH is 1. The summed E-state index contributed by atoms with van der Waals surface area (Å²) in [5.41, 5.74) is -0.167. The first kappa shape index (κ1) is 15.5. The molecular weight excluding hydrogens is 271 g/mol. The van der Waals surface area contributed by atoms with Crippen LogP contribution in [0.2, 0.25) is 0 Å². The van der Waals surface area contributed by atoms with E-state index >= 15 is 0 Å². The first-order valence-corrected chi connectivity index (χ1v) is 6.88. The summed E-state index contributed by atoms with van der Waals surface area (Å²) in [6.45, 7) is 1.57. The van der Waals surface area contributed by atoms with E-state index in [0.717, 1.165) is 5.56 Å². The minimum Gasteiger partial charge on any atom is -0.489 e. The average molecular weight is 290 g/mol. The quantitative estimate of drug-likeness (QED) is 0.860. The van der Waals surface area contributed by atoms with E-state index in [9.17, 15) is 14.6 Å². The number of hydrogen-bond donors (Lipinski definition) is 2. The Kier molecular flexibility index (Phi) is 4.94. The highest BCUT2D eigenvalue weighted by Crippen LogP contribution is 2.29. The van der Waals surface area contributed by atoms with Gasteiger partial charge in [0.2, 0.25) is 0 Å². The Hall–Kier alpha value is -1.91. The van der Waals surface area contributed by atoms with E-state index in [-0.39, 0.29) is 6.42 Å². The van der Waals surface area contributed by atoms with Crippen molar-refractivity contribution in [2.75, 3.05) is 6.61 Å². The average Bonchev–Trinajstić information content (AvgIpc) is 2.52. The summed E-state index contributed by atoms with van der Waals surface area (Å²) in [5, 5.41) is 19.6. The lowest BCUT2D eigenvalue weighted by molar-refractivity contribution is -0.0226. The number of halogens is 1. The van der Waals surface area contributed by atoms with Crippen LogP contribution in [-0.4, -0.2) is 16.8 Å². The van der Waals surface area contributed by atoms with Crippen LogP contribution in [0.25, 0.3) is 0 Å². The van der Waals surface area contributed by atoms with Crippen LogP contribution < -0.4 is 4.74 Å². The van der Waals surface area contributed by atoms with Crippen molar-refractivity contribution in [3.63, 3.8) is 0 Å². The zero-order valence-electron chi connectivity index (χ0n) is 11.9.